The van der Waals surface area contributed by atoms with Gasteiger partial charge in [0.05, 0.1) is 17.8 Å². The predicted molar refractivity (Wildman–Crippen MR) is 160 cm³/mol. The van der Waals surface area contributed by atoms with Crippen molar-refractivity contribution in [2.24, 2.45) is 0 Å². The molecule has 3 aromatic heterocycles. The number of nitrogens with one attached hydrogen (secondary N) is 2. The molecule has 0 aliphatic carbocycles. The molecule has 4 heterocycles. The zero-order valence-corrected chi connectivity index (χ0v) is 23.0. The van der Waals surface area contributed by atoms with Crippen LogP contribution in [0.5, 0.6) is 0 Å². The third-order valence-corrected chi connectivity index (χ3v) is 8.00. The number of allylic oxidation sites excluding steroid dienone is 5. The molecule has 200 valence electrons. The molecule has 39 heavy (non-hydrogen) atoms. The fraction of sp³-hybridized carbons (Fsp3) is 0.219. The predicted octanol–water partition coefficient (Wildman–Crippen LogP) is 8.40. The van der Waals surface area contributed by atoms with E-state index >= 15 is 0 Å². The summed E-state index contributed by atoms with van der Waals surface area (Å²) in [6, 6.07) is 12.5. The van der Waals surface area contributed by atoms with Crippen molar-refractivity contribution in [3.8, 4) is 11.4 Å². The Labute approximate surface area is 231 Å². The van der Waals surface area contributed by atoms with Gasteiger partial charge in [-0.25, -0.2) is 8.78 Å². The van der Waals surface area contributed by atoms with Gasteiger partial charge in [-0.15, -0.1) is 11.3 Å². The number of aryl methyl sites for hydroxylation is 1. The molecule has 4 nitrogen and oxygen atoms in total. The van der Waals surface area contributed by atoms with Gasteiger partial charge in [0.1, 0.15) is 5.69 Å². The molecular formula is C32H32F2N4S. The third kappa shape index (κ3) is 5.65. The number of aromatic amines is 2. The topological polar surface area (TPSA) is 47.7 Å². The van der Waals surface area contributed by atoms with Crippen molar-refractivity contribution in [1.29, 1.82) is 0 Å². The molecule has 7 heteroatoms. The summed E-state index contributed by atoms with van der Waals surface area (Å²) in [6.07, 6.45) is 9.59. The molecule has 1 fully saturated rings. The second kappa shape index (κ2) is 11.1. The first-order chi connectivity index (χ1) is 18.8. The van der Waals surface area contributed by atoms with Crippen LogP contribution in [0, 0.1) is 6.92 Å². The minimum absolute atomic E-state index is 0.0913. The largest absolute Gasteiger partial charge is 0.357 e. The highest BCUT2D eigenvalue weighted by atomic mass is 32.1. The lowest BCUT2D eigenvalue weighted by Gasteiger charge is -2.16. The third-order valence-electron chi connectivity index (χ3n) is 7.10. The molecule has 0 spiro atoms. The van der Waals surface area contributed by atoms with E-state index in [0.717, 1.165) is 55.8 Å². The number of fused-ring (bicyclic) bond motifs is 1. The number of hydrogen-bond donors (Lipinski definition) is 2. The van der Waals surface area contributed by atoms with Crippen molar-refractivity contribution in [2.45, 2.75) is 26.2 Å². The summed E-state index contributed by atoms with van der Waals surface area (Å²) >= 11 is 1.70. The summed E-state index contributed by atoms with van der Waals surface area (Å²) in [6.45, 7) is 12.5. The van der Waals surface area contributed by atoms with Gasteiger partial charge in [-0.3, -0.25) is 10.00 Å². The van der Waals surface area contributed by atoms with Crippen molar-refractivity contribution < 1.29 is 8.78 Å². The first kappa shape index (κ1) is 26.8. The Morgan fingerprint density at radius 3 is 2.74 bits per heavy atom. The van der Waals surface area contributed by atoms with Gasteiger partial charge >= 0.3 is 0 Å². The Balaban J connectivity index is 1.48. The van der Waals surface area contributed by atoms with Crippen molar-refractivity contribution >= 4 is 33.4 Å². The molecule has 0 radical (unpaired) electrons. The summed E-state index contributed by atoms with van der Waals surface area (Å²) in [4.78, 5) is 6.50. The van der Waals surface area contributed by atoms with Crippen LogP contribution in [0.1, 0.15) is 35.0 Å². The molecule has 1 saturated heterocycles. The number of rotatable bonds is 9. The Hall–Kier alpha value is -3.81. The van der Waals surface area contributed by atoms with Gasteiger partial charge in [0.15, 0.2) is 0 Å². The molecule has 0 saturated carbocycles. The van der Waals surface area contributed by atoms with Crippen LogP contribution in [0.3, 0.4) is 0 Å². The first-order valence-electron chi connectivity index (χ1n) is 13.0. The smallest absolute Gasteiger partial charge is 0.261 e. The highest BCUT2D eigenvalue weighted by Crippen LogP contribution is 2.35. The lowest BCUT2D eigenvalue weighted by Crippen LogP contribution is -2.26. The minimum Gasteiger partial charge on any atom is -0.357 e. The van der Waals surface area contributed by atoms with Gasteiger partial charge in [0.25, 0.3) is 5.92 Å². The van der Waals surface area contributed by atoms with Crippen LogP contribution < -0.4 is 0 Å². The molecule has 0 amide bonds. The lowest BCUT2D eigenvalue weighted by atomic mass is 9.99. The van der Waals surface area contributed by atoms with E-state index in [9.17, 15) is 8.78 Å². The molecule has 5 rings (SSSR count). The molecule has 2 N–H and O–H groups in total. The van der Waals surface area contributed by atoms with Crippen molar-refractivity contribution in [3.63, 3.8) is 0 Å². The number of benzene rings is 1. The quantitative estimate of drug-likeness (QED) is 0.209. The van der Waals surface area contributed by atoms with Gasteiger partial charge < -0.3 is 4.98 Å². The van der Waals surface area contributed by atoms with E-state index in [1.165, 1.54) is 4.88 Å². The molecule has 1 aromatic carbocycles. The second-order valence-electron chi connectivity index (χ2n) is 9.83. The van der Waals surface area contributed by atoms with E-state index in [0.29, 0.717) is 13.1 Å². The molecule has 1 aliphatic heterocycles. The number of likely N-dealkylation sites (tertiary alicyclic amines) is 1. The standard InChI is InChI=1S/C32H32F2N4S/c1-5-9-25(30-10-8-15-39-30)26-18-29(35-21(26)4)31-27-17-24(11-12-28(27)36-37-31)23(7-3)16-22(6-2)19-38-14-13-32(33,34)20-38/h5-12,15-18,35H,1-2,13-14,19-20H2,3-4H3,(H,36,37)/b22-16+,23-7+,25-9+. The molecule has 4 aromatic rings. The van der Waals surface area contributed by atoms with Gasteiger partial charge in [-0.2, -0.15) is 5.10 Å². The van der Waals surface area contributed by atoms with Gasteiger partial charge in [0, 0.05) is 46.6 Å². The summed E-state index contributed by atoms with van der Waals surface area (Å²) in [5.74, 6) is -2.61. The summed E-state index contributed by atoms with van der Waals surface area (Å²) in [5.41, 5.74) is 8.92. The molecular weight excluding hydrogens is 510 g/mol. The fourth-order valence-electron chi connectivity index (χ4n) is 5.12. The number of thiophene rings is 1. The number of aromatic nitrogens is 3. The van der Waals surface area contributed by atoms with Crippen molar-refractivity contribution in [3.05, 3.63) is 113 Å². The van der Waals surface area contributed by atoms with Crippen LogP contribution in [-0.4, -0.2) is 45.6 Å². The Kier molecular flexibility index (Phi) is 7.64. The molecule has 1 aliphatic rings. The fourth-order valence-corrected chi connectivity index (χ4v) is 5.89. The summed E-state index contributed by atoms with van der Waals surface area (Å²) in [7, 11) is 0. The van der Waals surface area contributed by atoms with E-state index in [4.69, 9.17) is 0 Å². The van der Waals surface area contributed by atoms with Crippen LogP contribution in [0.4, 0.5) is 8.78 Å². The normalized spacial score (nSPS) is 16.8. The van der Waals surface area contributed by atoms with E-state index in [1.54, 1.807) is 22.3 Å². The zero-order chi connectivity index (χ0) is 27.6. The van der Waals surface area contributed by atoms with Crippen LogP contribution in [-0.2, 0) is 0 Å². The van der Waals surface area contributed by atoms with Crippen molar-refractivity contribution in [1.82, 2.24) is 20.1 Å². The van der Waals surface area contributed by atoms with E-state index in [-0.39, 0.29) is 13.0 Å². The SMILES string of the molecule is C=C/C=C(/c1cccs1)c1cc(-c2n[nH]c3ccc(C(/C=C(\C=C)CN4CCC(F)(F)C4)=C/C)cc23)[nH]c1C. The highest BCUT2D eigenvalue weighted by Gasteiger charge is 2.37. The van der Waals surface area contributed by atoms with E-state index in [2.05, 4.69) is 58.8 Å². The average molecular weight is 543 g/mol. The Morgan fingerprint density at radius 1 is 1.23 bits per heavy atom. The Bertz CT molecular complexity index is 1600. The van der Waals surface area contributed by atoms with Gasteiger partial charge in [0.2, 0.25) is 0 Å². The molecule has 0 atom stereocenters. The second-order valence-corrected chi connectivity index (χ2v) is 10.8. The number of hydrogen-bond acceptors (Lipinski definition) is 3. The van der Waals surface area contributed by atoms with Crippen LogP contribution in [0.2, 0.25) is 0 Å². The monoisotopic (exact) mass is 542 g/mol. The number of nitrogens with zero attached hydrogens (tertiary/aromatic N) is 2. The van der Waals surface area contributed by atoms with E-state index in [1.807, 2.05) is 49.4 Å². The van der Waals surface area contributed by atoms with Crippen molar-refractivity contribution in [2.75, 3.05) is 19.6 Å². The van der Waals surface area contributed by atoms with Gasteiger partial charge in [-0.1, -0.05) is 55.7 Å². The van der Waals surface area contributed by atoms with E-state index < -0.39 is 5.92 Å². The summed E-state index contributed by atoms with van der Waals surface area (Å²) < 4.78 is 27.4. The summed E-state index contributed by atoms with van der Waals surface area (Å²) in [5, 5.41) is 10.9. The Morgan fingerprint density at radius 2 is 2.08 bits per heavy atom. The lowest BCUT2D eigenvalue weighted by molar-refractivity contribution is 0.0131. The van der Waals surface area contributed by atoms with Crippen LogP contribution in [0.15, 0.2) is 90.9 Å². The number of H-pyrrole nitrogens is 2. The first-order valence-corrected chi connectivity index (χ1v) is 13.8. The maximum atomic E-state index is 13.7. The van der Waals surface area contributed by atoms with Gasteiger partial charge in [-0.05, 0) is 60.2 Å². The average Bonchev–Trinajstić information content (AvgIpc) is 3.72. The highest BCUT2D eigenvalue weighted by molar-refractivity contribution is 7.11. The molecule has 0 unspecified atom stereocenters. The molecule has 0 bridgehead atoms. The maximum absolute atomic E-state index is 13.7. The zero-order valence-electron chi connectivity index (χ0n) is 22.2. The van der Waals surface area contributed by atoms with Crippen LogP contribution >= 0.6 is 11.3 Å². The van der Waals surface area contributed by atoms with Crippen LogP contribution in [0.25, 0.3) is 33.4 Å². The minimum atomic E-state index is -2.61. The maximum Gasteiger partial charge on any atom is 0.261 e. The number of alkyl halides is 2. The number of halogens is 2.